The highest BCUT2D eigenvalue weighted by Gasteiger charge is 2.33. The van der Waals surface area contributed by atoms with E-state index in [-0.39, 0.29) is 11.3 Å². The molecule has 1 fully saturated rings. The summed E-state index contributed by atoms with van der Waals surface area (Å²) < 4.78 is 10.8. The Labute approximate surface area is 124 Å². The molecule has 20 heavy (non-hydrogen) atoms. The smallest absolute Gasteiger partial charge is 0.233 e. The van der Waals surface area contributed by atoms with Crippen LogP contribution < -0.4 is 4.74 Å². The van der Waals surface area contributed by atoms with Crippen molar-refractivity contribution in [1.82, 2.24) is 4.90 Å². The molecule has 0 N–H and O–H groups in total. The van der Waals surface area contributed by atoms with Gasteiger partial charge in [0.2, 0.25) is 5.91 Å². The summed E-state index contributed by atoms with van der Waals surface area (Å²) in [4.78, 5) is 14.0. The van der Waals surface area contributed by atoms with Crippen molar-refractivity contribution in [2.24, 2.45) is 0 Å². The lowest BCUT2D eigenvalue weighted by Gasteiger charge is -2.25. The summed E-state index contributed by atoms with van der Waals surface area (Å²) in [6, 6.07) is 7.91. The number of hydrogen-bond donors (Lipinski definition) is 0. The molecule has 0 aliphatic carbocycles. The zero-order chi connectivity index (χ0) is 14.4. The highest BCUT2D eigenvalue weighted by molar-refractivity contribution is 8.00. The van der Waals surface area contributed by atoms with Gasteiger partial charge in [0.05, 0.1) is 12.9 Å². The molecule has 1 aromatic rings. The molecule has 1 amide bonds. The van der Waals surface area contributed by atoms with E-state index in [1.165, 1.54) is 0 Å². The van der Waals surface area contributed by atoms with E-state index in [4.69, 9.17) is 9.47 Å². The van der Waals surface area contributed by atoms with Crippen LogP contribution in [-0.2, 0) is 9.53 Å². The van der Waals surface area contributed by atoms with Gasteiger partial charge < -0.3 is 14.4 Å². The first kappa shape index (κ1) is 15.2. The molecular weight excluding hydrogens is 274 g/mol. The monoisotopic (exact) mass is 295 g/mol. The van der Waals surface area contributed by atoms with Crippen LogP contribution in [0.4, 0.5) is 0 Å². The quantitative estimate of drug-likeness (QED) is 0.725. The van der Waals surface area contributed by atoms with Crippen LogP contribution in [0.3, 0.4) is 0 Å². The van der Waals surface area contributed by atoms with Gasteiger partial charge in [0.1, 0.15) is 11.1 Å². The van der Waals surface area contributed by atoms with E-state index in [9.17, 15) is 4.79 Å². The highest BCUT2D eigenvalue weighted by Crippen LogP contribution is 2.42. The van der Waals surface area contributed by atoms with Gasteiger partial charge in [-0.15, -0.1) is 11.8 Å². The third-order valence-electron chi connectivity index (χ3n) is 3.26. The number of nitrogens with zero attached hydrogens (tertiary/aromatic N) is 1. The van der Waals surface area contributed by atoms with Crippen molar-refractivity contribution in [2.75, 3.05) is 32.6 Å². The van der Waals surface area contributed by atoms with Crippen molar-refractivity contribution in [2.45, 2.75) is 18.7 Å². The molecule has 4 nitrogen and oxygen atoms in total. The van der Waals surface area contributed by atoms with Crippen LogP contribution in [-0.4, -0.2) is 43.4 Å². The van der Waals surface area contributed by atoms with E-state index in [2.05, 4.69) is 0 Å². The Hall–Kier alpha value is -1.20. The number of para-hydroxylation sites is 1. The molecule has 1 saturated heterocycles. The zero-order valence-corrected chi connectivity index (χ0v) is 12.8. The largest absolute Gasteiger partial charge is 0.496 e. The van der Waals surface area contributed by atoms with E-state index in [1.807, 2.05) is 36.1 Å². The molecule has 1 unspecified atom stereocenters. The van der Waals surface area contributed by atoms with Crippen LogP contribution >= 0.6 is 11.8 Å². The van der Waals surface area contributed by atoms with Gasteiger partial charge in [-0.3, -0.25) is 4.79 Å². The van der Waals surface area contributed by atoms with Gasteiger partial charge in [-0.05, 0) is 19.4 Å². The van der Waals surface area contributed by atoms with Crippen LogP contribution in [0.25, 0.3) is 0 Å². The van der Waals surface area contributed by atoms with Gasteiger partial charge in [-0.1, -0.05) is 18.2 Å². The van der Waals surface area contributed by atoms with Gasteiger partial charge >= 0.3 is 0 Å². The van der Waals surface area contributed by atoms with Crippen LogP contribution in [0.5, 0.6) is 5.75 Å². The van der Waals surface area contributed by atoms with Crippen LogP contribution in [0.15, 0.2) is 24.3 Å². The molecule has 1 aromatic carbocycles. The van der Waals surface area contributed by atoms with E-state index >= 15 is 0 Å². The summed E-state index contributed by atoms with van der Waals surface area (Å²) in [7, 11) is 1.67. The first-order chi connectivity index (χ1) is 9.77. The average Bonchev–Trinajstić information content (AvgIpc) is 2.84. The predicted octanol–water partition coefficient (Wildman–Crippen LogP) is 2.70. The number of carbonyl (C=O) groups excluding carboxylic acids is 1. The fourth-order valence-electron chi connectivity index (χ4n) is 2.31. The van der Waals surface area contributed by atoms with Crippen LogP contribution in [0.2, 0.25) is 0 Å². The molecule has 1 aliphatic rings. The van der Waals surface area contributed by atoms with Crippen LogP contribution in [0.1, 0.15) is 24.3 Å². The summed E-state index contributed by atoms with van der Waals surface area (Å²) in [5, 5.41) is 0.0558. The maximum Gasteiger partial charge on any atom is 0.233 e. The minimum absolute atomic E-state index is 0.0558. The first-order valence-electron chi connectivity index (χ1n) is 6.89. The number of benzene rings is 1. The molecule has 0 aromatic heterocycles. The lowest BCUT2D eigenvalue weighted by atomic mass is 10.1. The molecular formula is C15H21NO3S. The molecule has 1 aliphatic heterocycles. The van der Waals surface area contributed by atoms with Crippen molar-refractivity contribution < 1.29 is 14.3 Å². The van der Waals surface area contributed by atoms with Crippen molar-refractivity contribution in [3.05, 3.63) is 29.8 Å². The van der Waals surface area contributed by atoms with Crippen molar-refractivity contribution in [3.8, 4) is 5.75 Å². The molecule has 0 radical (unpaired) electrons. The fourth-order valence-corrected chi connectivity index (χ4v) is 3.55. The van der Waals surface area contributed by atoms with Gasteiger partial charge in [-0.2, -0.15) is 0 Å². The Bertz CT molecular complexity index is 452. The number of thioether (sulfide) groups is 1. The predicted molar refractivity (Wildman–Crippen MR) is 81.0 cm³/mol. The van der Waals surface area contributed by atoms with E-state index in [1.54, 1.807) is 18.9 Å². The second-order valence-corrected chi connectivity index (χ2v) is 5.61. The number of amides is 1. The molecule has 1 heterocycles. The minimum atomic E-state index is 0.0558. The normalized spacial score (nSPS) is 18.6. The van der Waals surface area contributed by atoms with Crippen molar-refractivity contribution >= 4 is 17.7 Å². The van der Waals surface area contributed by atoms with E-state index in [0.29, 0.717) is 12.4 Å². The number of methoxy groups -OCH3 is 1. The third kappa shape index (κ3) is 3.46. The highest BCUT2D eigenvalue weighted by atomic mass is 32.2. The Morgan fingerprint density at radius 3 is 2.95 bits per heavy atom. The Balaban J connectivity index is 2.07. The molecule has 2 rings (SSSR count). The second-order valence-electron chi connectivity index (χ2n) is 4.54. The van der Waals surface area contributed by atoms with Gasteiger partial charge in [0.15, 0.2) is 0 Å². The number of rotatable bonds is 7. The summed E-state index contributed by atoms with van der Waals surface area (Å²) in [5.74, 6) is 1.58. The second kappa shape index (κ2) is 7.55. The van der Waals surface area contributed by atoms with Crippen LogP contribution in [0, 0.1) is 0 Å². The molecule has 5 heteroatoms. The first-order valence-corrected chi connectivity index (χ1v) is 7.94. The summed E-state index contributed by atoms with van der Waals surface area (Å²) >= 11 is 1.66. The molecule has 0 spiro atoms. The lowest BCUT2D eigenvalue weighted by Crippen LogP contribution is -2.30. The van der Waals surface area contributed by atoms with E-state index in [0.717, 1.165) is 30.9 Å². The Kier molecular flexibility index (Phi) is 5.73. The number of hydrogen-bond acceptors (Lipinski definition) is 4. The van der Waals surface area contributed by atoms with Crippen molar-refractivity contribution in [1.29, 1.82) is 0 Å². The summed E-state index contributed by atoms with van der Waals surface area (Å²) in [5.41, 5.74) is 1.07. The maximum atomic E-state index is 12.0. The van der Waals surface area contributed by atoms with E-state index < -0.39 is 0 Å². The topological polar surface area (TPSA) is 38.8 Å². The number of ether oxygens (including phenoxy) is 2. The average molecular weight is 295 g/mol. The SMILES string of the molecule is CCOCCCN1C(=O)CSC1c1ccccc1OC. The molecule has 110 valence electrons. The Morgan fingerprint density at radius 1 is 1.40 bits per heavy atom. The summed E-state index contributed by atoms with van der Waals surface area (Å²) in [6.45, 7) is 4.13. The summed E-state index contributed by atoms with van der Waals surface area (Å²) in [6.07, 6.45) is 0.867. The maximum absolute atomic E-state index is 12.0. The van der Waals surface area contributed by atoms with Crippen molar-refractivity contribution in [3.63, 3.8) is 0 Å². The molecule has 1 atom stereocenters. The van der Waals surface area contributed by atoms with Gasteiger partial charge in [0, 0.05) is 25.3 Å². The molecule has 0 bridgehead atoms. The fraction of sp³-hybridized carbons (Fsp3) is 0.533. The third-order valence-corrected chi connectivity index (χ3v) is 4.50. The van der Waals surface area contributed by atoms with Gasteiger partial charge in [0.25, 0.3) is 0 Å². The van der Waals surface area contributed by atoms with Gasteiger partial charge in [-0.25, -0.2) is 0 Å². The molecule has 0 saturated carbocycles. The number of carbonyl (C=O) groups is 1. The lowest BCUT2D eigenvalue weighted by molar-refractivity contribution is -0.128. The minimum Gasteiger partial charge on any atom is -0.496 e. The zero-order valence-electron chi connectivity index (χ0n) is 12.0. The Morgan fingerprint density at radius 2 is 2.20 bits per heavy atom. The standard InChI is InChI=1S/C15H21NO3S/c1-3-19-10-6-9-16-14(17)11-20-15(16)12-7-4-5-8-13(12)18-2/h4-5,7-8,15H,3,6,9-11H2,1-2H3.